The molecule has 1 fully saturated rings. The number of nitrogens with two attached hydrogens (primary N) is 1. The molecular formula is C14H24N4. The highest BCUT2D eigenvalue weighted by Crippen LogP contribution is 2.30. The average molecular weight is 248 g/mol. The van der Waals surface area contributed by atoms with Crippen molar-refractivity contribution in [1.82, 2.24) is 9.88 Å². The zero-order valence-electron chi connectivity index (χ0n) is 11.7. The van der Waals surface area contributed by atoms with Crippen molar-refractivity contribution < 1.29 is 0 Å². The van der Waals surface area contributed by atoms with Gasteiger partial charge in [0.05, 0.1) is 0 Å². The van der Waals surface area contributed by atoms with Crippen LogP contribution in [0.3, 0.4) is 0 Å². The summed E-state index contributed by atoms with van der Waals surface area (Å²) < 4.78 is 0. The van der Waals surface area contributed by atoms with E-state index in [1.807, 2.05) is 19.2 Å². The lowest BCUT2D eigenvalue weighted by Gasteiger charge is -2.38. The van der Waals surface area contributed by atoms with E-state index >= 15 is 0 Å². The third kappa shape index (κ3) is 3.13. The number of aromatic nitrogens is 1. The van der Waals surface area contributed by atoms with Gasteiger partial charge in [-0.3, -0.25) is 0 Å². The van der Waals surface area contributed by atoms with Gasteiger partial charge in [-0.1, -0.05) is 6.92 Å². The molecule has 0 atom stereocenters. The fourth-order valence-electron chi connectivity index (χ4n) is 2.28. The van der Waals surface area contributed by atoms with Crippen molar-refractivity contribution in [2.45, 2.75) is 26.7 Å². The monoisotopic (exact) mass is 248 g/mol. The lowest BCUT2D eigenvalue weighted by atomic mass is 9.80. The van der Waals surface area contributed by atoms with E-state index in [0.717, 1.165) is 23.6 Å². The fourth-order valence-corrected chi connectivity index (χ4v) is 2.28. The van der Waals surface area contributed by atoms with Gasteiger partial charge < -0.3 is 16.0 Å². The highest BCUT2D eigenvalue weighted by Gasteiger charge is 2.28. The maximum absolute atomic E-state index is 5.89. The van der Waals surface area contributed by atoms with Gasteiger partial charge in [0.1, 0.15) is 5.82 Å². The van der Waals surface area contributed by atoms with Crippen molar-refractivity contribution in [2.24, 2.45) is 5.41 Å². The van der Waals surface area contributed by atoms with Crippen LogP contribution in [0.25, 0.3) is 0 Å². The third-order valence-corrected chi connectivity index (χ3v) is 4.04. The number of likely N-dealkylation sites (tertiary alicyclic amines) is 1. The van der Waals surface area contributed by atoms with Crippen molar-refractivity contribution in [2.75, 3.05) is 37.7 Å². The van der Waals surface area contributed by atoms with Crippen molar-refractivity contribution in [3.8, 4) is 0 Å². The van der Waals surface area contributed by atoms with Gasteiger partial charge in [-0.15, -0.1) is 0 Å². The summed E-state index contributed by atoms with van der Waals surface area (Å²) in [6, 6.07) is 1.92. The molecule has 0 amide bonds. The SMILES string of the molecule is Cc1cnc(NCC2(C)CCN(C)CC2)cc1N. The van der Waals surface area contributed by atoms with E-state index in [0.29, 0.717) is 5.41 Å². The number of anilines is 2. The number of pyridine rings is 1. The number of rotatable bonds is 3. The fraction of sp³-hybridized carbons (Fsp3) is 0.643. The van der Waals surface area contributed by atoms with Crippen LogP contribution < -0.4 is 11.1 Å². The van der Waals surface area contributed by atoms with Crippen molar-refractivity contribution in [1.29, 1.82) is 0 Å². The first-order chi connectivity index (χ1) is 8.48. The molecule has 100 valence electrons. The molecular weight excluding hydrogens is 224 g/mol. The van der Waals surface area contributed by atoms with E-state index in [1.54, 1.807) is 0 Å². The maximum atomic E-state index is 5.89. The Morgan fingerprint density at radius 1 is 1.44 bits per heavy atom. The maximum Gasteiger partial charge on any atom is 0.127 e. The first-order valence-corrected chi connectivity index (χ1v) is 6.63. The number of nitrogens with one attached hydrogen (secondary N) is 1. The smallest absolute Gasteiger partial charge is 0.127 e. The van der Waals surface area contributed by atoms with E-state index in [9.17, 15) is 0 Å². The van der Waals surface area contributed by atoms with Gasteiger partial charge in [0.25, 0.3) is 0 Å². The van der Waals surface area contributed by atoms with Crippen LogP contribution in [-0.2, 0) is 0 Å². The zero-order chi connectivity index (χ0) is 13.2. The summed E-state index contributed by atoms with van der Waals surface area (Å²) in [5, 5.41) is 3.43. The van der Waals surface area contributed by atoms with Crippen LogP contribution in [0, 0.1) is 12.3 Å². The molecule has 0 spiro atoms. The number of hydrogen-bond donors (Lipinski definition) is 2. The Labute approximate surface area is 110 Å². The first-order valence-electron chi connectivity index (χ1n) is 6.63. The highest BCUT2D eigenvalue weighted by molar-refractivity contribution is 5.53. The Bertz CT molecular complexity index is 408. The Balaban J connectivity index is 1.92. The third-order valence-electron chi connectivity index (χ3n) is 4.04. The molecule has 0 saturated carbocycles. The molecule has 0 radical (unpaired) electrons. The Morgan fingerprint density at radius 2 is 2.11 bits per heavy atom. The summed E-state index contributed by atoms with van der Waals surface area (Å²) in [5.41, 5.74) is 8.10. The molecule has 0 unspecified atom stereocenters. The second kappa shape index (κ2) is 5.14. The largest absolute Gasteiger partial charge is 0.398 e. The predicted octanol–water partition coefficient (Wildman–Crippen LogP) is 2.12. The second-order valence-electron chi connectivity index (χ2n) is 5.89. The van der Waals surface area contributed by atoms with Gasteiger partial charge in [0.2, 0.25) is 0 Å². The summed E-state index contributed by atoms with van der Waals surface area (Å²) in [7, 11) is 2.19. The van der Waals surface area contributed by atoms with Gasteiger partial charge in [-0.25, -0.2) is 4.98 Å². The van der Waals surface area contributed by atoms with Crippen molar-refractivity contribution in [3.63, 3.8) is 0 Å². The molecule has 0 aliphatic carbocycles. The van der Waals surface area contributed by atoms with Gasteiger partial charge in [0.15, 0.2) is 0 Å². The second-order valence-corrected chi connectivity index (χ2v) is 5.89. The Kier molecular flexibility index (Phi) is 3.76. The standard InChI is InChI=1S/C14H24N4/c1-11-9-16-13(8-12(11)15)17-10-14(2)4-6-18(3)7-5-14/h8-9H,4-7,10H2,1-3H3,(H3,15,16,17). The molecule has 4 heteroatoms. The van der Waals surface area contributed by atoms with E-state index in [-0.39, 0.29) is 0 Å². The lowest BCUT2D eigenvalue weighted by Crippen LogP contribution is -2.40. The molecule has 0 bridgehead atoms. The van der Waals surface area contributed by atoms with Gasteiger partial charge in [0, 0.05) is 24.5 Å². The number of aryl methyl sites for hydroxylation is 1. The lowest BCUT2D eigenvalue weighted by molar-refractivity contribution is 0.150. The molecule has 2 rings (SSSR count). The minimum atomic E-state index is 0.369. The van der Waals surface area contributed by atoms with Crippen molar-refractivity contribution in [3.05, 3.63) is 17.8 Å². The molecule has 2 heterocycles. The minimum absolute atomic E-state index is 0.369. The molecule has 0 aromatic carbocycles. The average Bonchev–Trinajstić information content (AvgIpc) is 2.35. The van der Waals surface area contributed by atoms with Crippen LogP contribution in [-0.4, -0.2) is 36.6 Å². The van der Waals surface area contributed by atoms with Crippen LogP contribution in [0.4, 0.5) is 11.5 Å². The predicted molar refractivity (Wildman–Crippen MR) is 76.7 cm³/mol. The van der Waals surface area contributed by atoms with Crippen LogP contribution in [0.1, 0.15) is 25.3 Å². The highest BCUT2D eigenvalue weighted by atomic mass is 15.1. The normalized spacial score (nSPS) is 19.7. The molecule has 1 aliphatic heterocycles. The summed E-state index contributed by atoms with van der Waals surface area (Å²) in [6.45, 7) is 7.66. The Hall–Kier alpha value is -1.29. The van der Waals surface area contributed by atoms with E-state index in [2.05, 4.69) is 29.2 Å². The first kappa shape index (κ1) is 13.1. The topological polar surface area (TPSA) is 54.2 Å². The number of hydrogen-bond acceptors (Lipinski definition) is 4. The summed E-state index contributed by atoms with van der Waals surface area (Å²) in [6.07, 6.45) is 4.30. The summed E-state index contributed by atoms with van der Waals surface area (Å²) in [5.74, 6) is 0.887. The molecule has 1 aromatic rings. The number of nitrogen functional groups attached to an aromatic ring is 1. The molecule has 1 aromatic heterocycles. The number of piperidine rings is 1. The zero-order valence-corrected chi connectivity index (χ0v) is 11.7. The molecule has 1 aliphatic rings. The summed E-state index contributed by atoms with van der Waals surface area (Å²) >= 11 is 0. The van der Waals surface area contributed by atoms with Crippen LogP contribution in [0.2, 0.25) is 0 Å². The van der Waals surface area contributed by atoms with Gasteiger partial charge in [-0.2, -0.15) is 0 Å². The van der Waals surface area contributed by atoms with Crippen LogP contribution in [0.5, 0.6) is 0 Å². The number of nitrogens with zero attached hydrogens (tertiary/aromatic N) is 2. The van der Waals surface area contributed by atoms with E-state index in [4.69, 9.17) is 5.73 Å². The van der Waals surface area contributed by atoms with Crippen LogP contribution >= 0.6 is 0 Å². The van der Waals surface area contributed by atoms with Gasteiger partial charge in [-0.05, 0) is 50.9 Å². The van der Waals surface area contributed by atoms with Crippen molar-refractivity contribution >= 4 is 11.5 Å². The minimum Gasteiger partial charge on any atom is -0.398 e. The molecule has 18 heavy (non-hydrogen) atoms. The van der Waals surface area contributed by atoms with E-state index < -0.39 is 0 Å². The molecule has 3 N–H and O–H groups in total. The van der Waals surface area contributed by atoms with Crippen LogP contribution in [0.15, 0.2) is 12.3 Å². The molecule has 4 nitrogen and oxygen atoms in total. The summed E-state index contributed by atoms with van der Waals surface area (Å²) in [4.78, 5) is 6.76. The Morgan fingerprint density at radius 3 is 2.72 bits per heavy atom. The van der Waals surface area contributed by atoms with Gasteiger partial charge >= 0.3 is 0 Å². The quantitative estimate of drug-likeness (QED) is 0.860. The molecule has 1 saturated heterocycles. The van der Waals surface area contributed by atoms with E-state index in [1.165, 1.54) is 25.9 Å².